The Hall–Kier alpha value is -2.09. The van der Waals surface area contributed by atoms with Gasteiger partial charge in [-0.05, 0) is 31.9 Å². The predicted octanol–water partition coefficient (Wildman–Crippen LogP) is 4.15. The van der Waals surface area contributed by atoms with Crippen molar-refractivity contribution in [1.29, 1.82) is 0 Å². The Balaban J connectivity index is 2.03. The van der Waals surface area contributed by atoms with Gasteiger partial charge in [0, 0.05) is 5.54 Å². The molecule has 2 heteroatoms. The van der Waals surface area contributed by atoms with Crippen LogP contribution in [0.5, 0.6) is 0 Å². The molecule has 0 radical (unpaired) electrons. The van der Waals surface area contributed by atoms with Crippen LogP contribution in [0.4, 0.5) is 0 Å². The molecule has 2 unspecified atom stereocenters. The molecule has 1 fully saturated rings. The minimum Gasteiger partial charge on any atom is -0.329 e. The largest absolute Gasteiger partial charge is 0.329 e. The maximum absolute atomic E-state index is 12.7. The molecule has 0 bridgehead atoms. The van der Waals surface area contributed by atoms with Crippen molar-refractivity contribution in [3.8, 4) is 0 Å². The van der Waals surface area contributed by atoms with Gasteiger partial charge in [-0.25, -0.2) is 0 Å². The van der Waals surface area contributed by atoms with Crippen molar-refractivity contribution in [2.45, 2.75) is 38.3 Å². The molecular weight excluding hydrogens is 258 g/mol. The second-order valence-corrected chi connectivity index (χ2v) is 6.62. The predicted molar refractivity (Wildman–Crippen MR) is 85.0 cm³/mol. The fraction of sp³-hybridized carbons (Fsp3) is 0.316. The third-order valence-electron chi connectivity index (χ3n) is 4.12. The maximum Gasteiger partial charge on any atom is 0.233 e. The van der Waals surface area contributed by atoms with Crippen molar-refractivity contribution >= 4 is 5.91 Å². The van der Waals surface area contributed by atoms with Crippen LogP contribution >= 0.6 is 0 Å². The van der Waals surface area contributed by atoms with Crippen LogP contribution in [0.3, 0.4) is 0 Å². The Bertz CT molecular complexity index is 628. The Kier molecular flexibility index (Phi) is 3.32. The van der Waals surface area contributed by atoms with Crippen molar-refractivity contribution < 1.29 is 4.79 Å². The van der Waals surface area contributed by atoms with E-state index in [2.05, 4.69) is 45.0 Å². The molecule has 0 N–H and O–H groups in total. The Labute approximate surface area is 126 Å². The zero-order chi connectivity index (χ0) is 15.0. The van der Waals surface area contributed by atoms with Crippen LogP contribution < -0.4 is 0 Å². The minimum absolute atomic E-state index is 0.0622. The second kappa shape index (κ2) is 5.03. The first-order valence-corrected chi connectivity index (χ1v) is 7.43. The Morgan fingerprint density at radius 3 is 1.76 bits per heavy atom. The zero-order valence-electron chi connectivity index (χ0n) is 12.8. The number of rotatable bonds is 2. The van der Waals surface area contributed by atoms with Crippen LogP contribution in [0.1, 0.15) is 43.9 Å². The standard InChI is InChI=1S/C19H21NO/c1-19(2,3)20-17(15-12-8-5-9-13-15)16(18(20)21)14-10-6-4-7-11-14/h4-13,16-17H,1-3H3. The quantitative estimate of drug-likeness (QED) is 0.756. The molecule has 1 saturated heterocycles. The molecule has 21 heavy (non-hydrogen) atoms. The van der Waals surface area contributed by atoms with E-state index >= 15 is 0 Å². The molecule has 1 aliphatic heterocycles. The number of amides is 1. The van der Waals surface area contributed by atoms with E-state index in [9.17, 15) is 4.79 Å². The molecule has 0 aromatic heterocycles. The number of benzene rings is 2. The molecule has 1 heterocycles. The van der Waals surface area contributed by atoms with Gasteiger partial charge in [0.1, 0.15) is 0 Å². The summed E-state index contributed by atoms with van der Waals surface area (Å²) in [5.74, 6) is 0.162. The molecule has 1 amide bonds. The SMILES string of the molecule is CC(C)(C)N1C(=O)C(c2ccccc2)C1c1ccccc1. The number of hydrogen-bond acceptors (Lipinski definition) is 1. The van der Waals surface area contributed by atoms with Crippen LogP contribution in [0.15, 0.2) is 60.7 Å². The van der Waals surface area contributed by atoms with Crippen LogP contribution in [0.25, 0.3) is 0 Å². The average Bonchev–Trinajstić information content (AvgIpc) is 2.45. The third kappa shape index (κ3) is 2.35. The monoisotopic (exact) mass is 279 g/mol. The molecule has 2 aromatic carbocycles. The molecule has 1 aliphatic rings. The van der Waals surface area contributed by atoms with Crippen molar-refractivity contribution in [2.24, 2.45) is 0 Å². The van der Waals surface area contributed by atoms with Gasteiger partial charge >= 0.3 is 0 Å². The van der Waals surface area contributed by atoms with Gasteiger partial charge in [-0.1, -0.05) is 60.7 Å². The molecular formula is C19H21NO. The zero-order valence-corrected chi connectivity index (χ0v) is 12.8. The van der Waals surface area contributed by atoms with Crippen LogP contribution in [-0.2, 0) is 4.79 Å². The average molecular weight is 279 g/mol. The lowest BCUT2D eigenvalue weighted by Gasteiger charge is -2.54. The van der Waals surface area contributed by atoms with Gasteiger partial charge < -0.3 is 4.90 Å². The van der Waals surface area contributed by atoms with Crippen molar-refractivity contribution in [3.63, 3.8) is 0 Å². The summed E-state index contributed by atoms with van der Waals surface area (Å²) in [5.41, 5.74) is 2.15. The van der Waals surface area contributed by atoms with E-state index < -0.39 is 0 Å². The lowest BCUT2D eigenvalue weighted by atomic mass is 9.75. The number of β-lactam (4-membered cyclic amide) rings is 1. The van der Waals surface area contributed by atoms with Crippen LogP contribution in [-0.4, -0.2) is 16.3 Å². The summed E-state index contributed by atoms with van der Waals surface area (Å²) in [6.07, 6.45) is 0. The first-order chi connectivity index (χ1) is 10.00. The first-order valence-electron chi connectivity index (χ1n) is 7.43. The number of carbonyl (C=O) groups excluding carboxylic acids is 1. The van der Waals surface area contributed by atoms with Gasteiger partial charge in [0.25, 0.3) is 0 Å². The second-order valence-electron chi connectivity index (χ2n) is 6.62. The smallest absolute Gasteiger partial charge is 0.233 e. The topological polar surface area (TPSA) is 20.3 Å². The van der Waals surface area contributed by atoms with Crippen molar-refractivity contribution in [1.82, 2.24) is 4.90 Å². The summed E-state index contributed by atoms with van der Waals surface area (Å²) >= 11 is 0. The summed E-state index contributed by atoms with van der Waals surface area (Å²) in [6, 6.07) is 20.6. The fourth-order valence-electron chi connectivity index (χ4n) is 3.21. The van der Waals surface area contributed by atoms with Gasteiger partial charge in [-0.2, -0.15) is 0 Å². The van der Waals surface area contributed by atoms with Gasteiger partial charge in [0.15, 0.2) is 0 Å². The summed E-state index contributed by atoms with van der Waals surface area (Å²) in [7, 11) is 0. The van der Waals surface area contributed by atoms with E-state index in [-0.39, 0.29) is 23.4 Å². The van der Waals surface area contributed by atoms with E-state index in [1.165, 1.54) is 5.56 Å². The minimum atomic E-state index is -0.164. The molecule has 0 saturated carbocycles. The van der Waals surface area contributed by atoms with Crippen LogP contribution in [0, 0.1) is 0 Å². The normalized spacial score (nSPS) is 22.0. The highest BCUT2D eigenvalue weighted by Gasteiger charge is 2.52. The van der Waals surface area contributed by atoms with Gasteiger partial charge in [-0.15, -0.1) is 0 Å². The molecule has 2 nitrogen and oxygen atoms in total. The third-order valence-corrected chi connectivity index (χ3v) is 4.12. The van der Waals surface area contributed by atoms with Gasteiger partial charge in [0.05, 0.1) is 12.0 Å². The first kappa shape index (κ1) is 13.9. The molecule has 2 atom stereocenters. The lowest BCUT2D eigenvalue weighted by molar-refractivity contribution is -0.159. The van der Waals surface area contributed by atoms with Crippen molar-refractivity contribution in [3.05, 3.63) is 71.8 Å². The molecule has 2 aromatic rings. The van der Waals surface area contributed by atoms with Gasteiger partial charge in [-0.3, -0.25) is 4.79 Å². The number of carbonyl (C=O) groups is 1. The summed E-state index contributed by atoms with van der Waals surface area (Å²) in [6.45, 7) is 6.30. The summed E-state index contributed by atoms with van der Waals surface area (Å²) in [5, 5.41) is 0. The Morgan fingerprint density at radius 2 is 1.29 bits per heavy atom. The van der Waals surface area contributed by atoms with E-state index in [0.29, 0.717) is 0 Å². The number of likely N-dealkylation sites (tertiary alicyclic amines) is 1. The van der Waals surface area contributed by atoms with E-state index in [4.69, 9.17) is 0 Å². The van der Waals surface area contributed by atoms with Gasteiger partial charge in [0.2, 0.25) is 5.91 Å². The van der Waals surface area contributed by atoms with E-state index in [0.717, 1.165) is 5.56 Å². The van der Waals surface area contributed by atoms with Crippen molar-refractivity contribution in [2.75, 3.05) is 0 Å². The molecule has 108 valence electrons. The number of nitrogens with zero attached hydrogens (tertiary/aromatic N) is 1. The highest BCUT2D eigenvalue weighted by Crippen LogP contribution is 2.49. The lowest BCUT2D eigenvalue weighted by Crippen LogP contribution is -2.60. The number of hydrogen-bond donors (Lipinski definition) is 0. The summed E-state index contributed by atoms with van der Waals surface area (Å²) in [4.78, 5) is 14.7. The molecule has 0 aliphatic carbocycles. The highest BCUT2D eigenvalue weighted by molar-refractivity contribution is 5.92. The van der Waals surface area contributed by atoms with Crippen LogP contribution in [0.2, 0.25) is 0 Å². The summed E-state index contributed by atoms with van der Waals surface area (Å²) < 4.78 is 0. The molecule has 3 rings (SSSR count). The Morgan fingerprint density at radius 1 is 0.810 bits per heavy atom. The fourth-order valence-corrected chi connectivity index (χ4v) is 3.21. The van der Waals surface area contributed by atoms with E-state index in [1.54, 1.807) is 0 Å². The molecule has 0 spiro atoms. The highest BCUT2D eigenvalue weighted by atomic mass is 16.2. The maximum atomic E-state index is 12.7. The van der Waals surface area contributed by atoms with E-state index in [1.807, 2.05) is 41.3 Å².